The van der Waals surface area contributed by atoms with Gasteiger partial charge in [0, 0.05) is 37.7 Å². The molecule has 1 heterocycles. The number of hydrogen-bond donors (Lipinski definition) is 2. The lowest BCUT2D eigenvalue weighted by Crippen LogP contribution is -2.35. The highest BCUT2D eigenvalue weighted by atomic mass is 16.2. The number of carbonyl (C=O) groups is 2. The number of nitrogens with zero attached hydrogens (tertiary/aromatic N) is 1. The molecule has 148 valence electrons. The van der Waals surface area contributed by atoms with E-state index in [9.17, 15) is 9.59 Å². The first-order valence-corrected chi connectivity index (χ1v) is 10.1. The van der Waals surface area contributed by atoms with Crippen LogP contribution in [0.1, 0.15) is 47.6 Å². The summed E-state index contributed by atoms with van der Waals surface area (Å²) in [5, 5.41) is 6.52. The lowest BCUT2D eigenvalue weighted by molar-refractivity contribution is -0.121. The first-order chi connectivity index (χ1) is 13.7. The Balaban J connectivity index is 1.63. The third-order valence-electron chi connectivity index (χ3n) is 5.07. The second-order valence-corrected chi connectivity index (χ2v) is 7.19. The first-order valence-electron chi connectivity index (χ1n) is 10.1. The van der Waals surface area contributed by atoms with Crippen molar-refractivity contribution < 1.29 is 9.59 Å². The van der Waals surface area contributed by atoms with Crippen molar-refractivity contribution in [2.45, 2.75) is 31.7 Å². The standard InChI is InChI=1S/C23H29N3O2/c27-22-18-21(19-10-3-1-4-11-19)24-14-7-8-16-26(17-9-15-25-22)23(28)20-12-5-2-6-13-20/h1-6,10-13,21,24H,7-9,14-18H2,(H,25,27)/t21-/m1/s1. The second kappa shape index (κ2) is 10.6. The fraction of sp³-hybridized carbons (Fsp3) is 0.391. The van der Waals surface area contributed by atoms with Crippen molar-refractivity contribution in [3.05, 3.63) is 71.8 Å². The van der Waals surface area contributed by atoms with E-state index >= 15 is 0 Å². The second-order valence-electron chi connectivity index (χ2n) is 7.19. The van der Waals surface area contributed by atoms with Crippen LogP contribution in [0.5, 0.6) is 0 Å². The van der Waals surface area contributed by atoms with Crippen LogP contribution in [0.25, 0.3) is 0 Å². The zero-order chi connectivity index (χ0) is 19.6. The summed E-state index contributed by atoms with van der Waals surface area (Å²) in [6.45, 7) is 2.79. The first kappa shape index (κ1) is 20.1. The predicted octanol–water partition coefficient (Wildman–Crippen LogP) is 3.15. The van der Waals surface area contributed by atoms with Crippen molar-refractivity contribution in [2.24, 2.45) is 0 Å². The van der Waals surface area contributed by atoms with Gasteiger partial charge in [0.2, 0.25) is 5.91 Å². The smallest absolute Gasteiger partial charge is 0.253 e. The van der Waals surface area contributed by atoms with Gasteiger partial charge in [0.1, 0.15) is 0 Å². The van der Waals surface area contributed by atoms with E-state index in [4.69, 9.17) is 0 Å². The minimum atomic E-state index is 0.0176. The highest BCUT2D eigenvalue weighted by Gasteiger charge is 2.18. The zero-order valence-electron chi connectivity index (χ0n) is 16.3. The number of carbonyl (C=O) groups excluding carboxylic acids is 2. The van der Waals surface area contributed by atoms with Gasteiger partial charge in [0.05, 0.1) is 0 Å². The van der Waals surface area contributed by atoms with Crippen LogP contribution in [0.15, 0.2) is 60.7 Å². The fourth-order valence-corrected chi connectivity index (χ4v) is 3.53. The molecule has 0 aliphatic carbocycles. The molecule has 1 fully saturated rings. The Kier molecular flexibility index (Phi) is 7.62. The third kappa shape index (κ3) is 5.92. The molecule has 5 nitrogen and oxygen atoms in total. The van der Waals surface area contributed by atoms with Gasteiger partial charge in [-0.2, -0.15) is 0 Å². The van der Waals surface area contributed by atoms with E-state index < -0.39 is 0 Å². The minimum Gasteiger partial charge on any atom is -0.356 e. The molecule has 0 aromatic heterocycles. The van der Waals surface area contributed by atoms with Crippen molar-refractivity contribution in [2.75, 3.05) is 26.2 Å². The molecule has 1 atom stereocenters. The van der Waals surface area contributed by atoms with E-state index in [1.165, 1.54) is 0 Å². The van der Waals surface area contributed by atoms with Crippen molar-refractivity contribution in [3.63, 3.8) is 0 Å². The highest BCUT2D eigenvalue weighted by Crippen LogP contribution is 2.17. The van der Waals surface area contributed by atoms with Gasteiger partial charge in [-0.3, -0.25) is 9.59 Å². The number of hydrogen-bond acceptors (Lipinski definition) is 3. The number of amides is 2. The van der Waals surface area contributed by atoms with E-state index in [0.717, 1.165) is 43.5 Å². The summed E-state index contributed by atoms with van der Waals surface area (Å²) in [6.07, 6.45) is 3.09. The summed E-state index contributed by atoms with van der Waals surface area (Å²) in [6, 6.07) is 19.5. The van der Waals surface area contributed by atoms with Crippen molar-refractivity contribution >= 4 is 11.8 Å². The normalized spacial score (nSPS) is 19.6. The number of nitrogens with one attached hydrogen (secondary N) is 2. The molecule has 1 aliphatic heterocycles. The van der Waals surface area contributed by atoms with Crippen LogP contribution in [0.2, 0.25) is 0 Å². The molecule has 0 spiro atoms. The van der Waals surface area contributed by atoms with Crippen LogP contribution in [0.4, 0.5) is 0 Å². The van der Waals surface area contributed by atoms with Crippen LogP contribution < -0.4 is 10.6 Å². The van der Waals surface area contributed by atoms with Crippen molar-refractivity contribution in [1.29, 1.82) is 0 Å². The Hall–Kier alpha value is -2.66. The average molecular weight is 380 g/mol. The molecular formula is C23H29N3O2. The Labute approximate surface area is 167 Å². The highest BCUT2D eigenvalue weighted by molar-refractivity contribution is 5.94. The largest absolute Gasteiger partial charge is 0.356 e. The summed E-state index contributed by atoms with van der Waals surface area (Å²) in [5.74, 6) is 0.110. The predicted molar refractivity (Wildman–Crippen MR) is 111 cm³/mol. The van der Waals surface area contributed by atoms with E-state index in [1.54, 1.807) is 0 Å². The number of benzene rings is 2. The van der Waals surface area contributed by atoms with Crippen LogP contribution in [0.3, 0.4) is 0 Å². The molecule has 2 N–H and O–H groups in total. The van der Waals surface area contributed by atoms with Gasteiger partial charge >= 0.3 is 0 Å². The molecule has 2 aromatic rings. The van der Waals surface area contributed by atoms with Gasteiger partial charge < -0.3 is 15.5 Å². The summed E-state index contributed by atoms with van der Waals surface area (Å²) in [7, 11) is 0. The van der Waals surface area contributed by atoms with Gasteiger partial charge in [-0.05, 0) is 43.5 Å². The average Bonchev–Trinajstić information content (AvgIpc) is 2.76. The molecule has 2 amide bonds. The molecule has 0 bridgehead atoms. The van der Waals surface area contributed by atoms with E-state index in [1.807, 2.05) is 53.4 Å². The maximum atomic E-state index is 12.8. The SMILES string of the molecule is O=C1C[C@H](c2ccccc2)NCCCCN(C(=O)c2ccccc2)CCCN1. The van der Waals surface area contributed by atoms with E-state index in [0.29, 0.717) is 19.5 Å². The lowest BCUT2D eigenvalue weighted by atomic mass is 10.0. The Morgan fingerprint density at radius 2 is 1.54 bits per heavy atom. The lowest BCUT2D eigenvalue weighted by Gasteiger charge is -2.23. The Morgan fingerprint density at radius 3 is 2.29 bits per heavy atom. The van der Waals surface area contributed by atoms with Crippen LogP contribution in [0, 0.1) is 0 Å². The van der Waals surface area contributed by atoms with E-state index in [-0.39, 0.29) is 17.9 Å². The molecular weight excluding hydrogens is 350 g/mol. The zero-order valence-corrected chi connectivity index (χ0v) is 16.3. The Bertz CT molecular complexity index is 749. The summed E-state index contributed by atoms with van der Waals surface area (Å²) < 4.78 is 0. The fourth-order valence-electron chi connectivity index (χ4n) is 3.53. The number of rotatable bonds is 2. The third-order valence-corrected chi connectivity index (χ3v) is 5.07. The maximum Gasteiger partial charge on any atom is 0.253 e. The van der Waals surface area contributed by atoms with E-state index in [2.05, 4.69) is 22.8 Å². The maximum absolute atomic E-state index is 12.8. The summed E-state index contributed by atoms with van der Waals surface area (Å²) >= 11 is 0. The van der Waals surface area contributed by atoms with Gasteiger partial charge in [-0.25, -0.2) is 0 Å². The molecule has 0 unspecified atom stereocenters. The minimum absolute atomic E-state index is 0.0176. The van der Waals surface area contributed by atoms with Gasteiger partial charge in [0.25, 0.3) is 5.91 Å². The van der Waals surface area contributed by atoms with Gasteiger partial charge in [-0.1, -0.05) is 48.5 Å². The molecule has 2 aromatic carbocycles. The van der Waals surface area contributed by atoms with Crippen LogP contribution >= 0.6 is 0 Å². The van der Waals surface area contributed by atoms with Crippen LogP contribution in [-0.4, -0.2) is 42.9 Å². The Morgan fingerprint density at radius 1 is 0.857 bits per heavy atom. The molecule has 0 radical (unpaired) electrons. The topological polar surface area (TPSA) is 61.4 Å². The molecule has 1 saturated heterocycles. The molecule has 0 saturated carbocycles. The van der Waals surface area contributed by atoms with Gasteiger partial charge in [0.15, 0.2) is 0 Å². The monoisotopic (exact) mass is 379 g/mol. The molecule has 1 aliphatic rings. The molecule has 5 heteroatoms. The van der Waals surface area contributed by atoms with Crippen molar-refractivity contribution in [1.82, 2.24) is 15.5 Å². The summed E-state index contributed by atoms with van der Waals surface area (Å²) in [4.78, 5) is 27.1. The quantitative estimate of drug-likeness (QED) is 0.843. The molecule has 28 heavy (non-hydrogen) atoms. The van der Waals surface area contributed by atoms with Gasteiger partial charge in [-0.15, -0.1) is 0 Å². The molecule has 3 rings (SSSR count). The van der Waals surface area contributed by atoms with Crippen molar-refractivity contribution in [3.8, 4) is 0 Å². The van der Waals surface area contributed by atoms with Crippen LogP contribution in [-0.2, 0) is 4.79 Å². The summed E-state index contributed by atoms with van der Waals surface area (Å²) in [5.41, 5.74) is 1.85.